The standard InChI is InChI=1S/C33H31N3O5S/c1-22-12-14-25(15-13-22)34-30(37)21-42-27-18-16-26(17-19-27)35-33(39)28(36-32(38)23-8-5-4-6-9-23)20-24-10-7-11-29(40-2)31(24)41-3/h4-20H,21H2,1-3H3,(H,34,37)(H,35,39)(H,36,38)/b28-20-. The lowest BCUT2D eigenvalue weighted by Gasteiger charge is -2.14. The fraction of sp³-hybridized carbons (Fsp3) is 0.121. The number of anilines is 2. The summed E-state index contributed by atoms with van der Waals surface area (Å²) in [5.41, 5.74) is 3.36. The van der Waals surface area contributed by atoms with Crippen molar-refractivity contribution < 1.29 is 23.9 Å². The number of rotatable bonds is 11. The van der Waals surface area contributed by atoms with Crippen LogP contribution in [-0.4, -0.2) is 37.7 Å². The predicted molar refractivity (Wildman–Crippen MR) is 167 cm³/mol. The Labute approximate surface area is 249 Å². The molecule has 8 nitrogen and oxygen atoms in total. The molecule has 0 aliphatic heterocycles. The van der Waals surface area contributed by atoms with E-state index in [-0.39, 0.29) is 17.4 Å². The van der Waals surface area contributed by atoms with Gasteiger partial charge in [-0.2, -0.15) is 0 Å². The van der Waals surface area contributed by atoms with Crippen molar-refractivity contribution in [2.45, 2.75) is 11.8 Å². The third-order valence-electron chi connectivity index (χ3n) is 6.08. The quantitative estimate of drug-likeness (QED) is 0.145. The minimum absolute atomic E-state index is 0.0154. The molecule has 0 aromatic heterocycles. The summed E-state index contributed by atoms with van der Waals surface area (Å²) in [5, 5.41) is 8.43. The summed E-state index contributed by atoms with van der Waals surface area (Å²) in [7, 11) is 3.03. The summed E-state index contributed by atoms with van der Waals surface area (Å²) in [6.45, 7) is 1.99. The fourth-order valence-electron chi connectivity index (χ4n) is 3.94. The number of aryl methyl sites for hydroxylation is 1. The molecule has 3 amide bonds. The second-order valence-electron chi connectivity index (χ2n) is 9.14. The van der Waals surface area contributed by atoms with Gasteiger partial charge in [0.2, 0.25) is 5.91 Å². The first kappa shape index (κ1) is 30.0. The van der Waals surface area contributed by atoms with Gasteiger partial charge >= 0.3 is 0 Å². The van der Waals surface area contributed by atoms with E-state index in [1.807, 2.05) is 43.3 Å². The summed E-state index contributed by atoms with van der Waals surface area (Å²) in [6.07, 6.45) is 1.54. The van der Waals surface area contributed by atoms with E-state index in [1.165, 1.54) is 32.1 Å². The number of hydrogen-bond acceptors (Lipinski definition) is 6. The van der Waals surface area contributed by atoms with Gasteiger partial charge in [0.25, 0.3) is 11.8 Å². The van der Waals surface area contributed by atoms with Crippen LogP contribution in [0.1, 0.15) is 21.5 Å². The molecular weight excluding hydrogens is 550 g/mol. The molecule has 0 aliphatic carbocycles. The molecule has 4 aromatic rings. The topological polar surface area (TPSA) is 106 Å². The number of hydrogen-bond donors (Lipinski definition) is 3. The van der Waals surface area contributed by atoms with Gasteiger partial charge in [0, 0.05) is 27.4 Å². The van der Waals surface area contributed by atoms with Crippen LogP contribution in [0.15, 0.2) is 108 Å². The molecule has 0 saturated carbocycles. The molecule has 0 aliphatic rings. The first-order chi connectivity index (χ1) is 20.4. The fourth-order valence-corrected chi connectivity index (χ4v) is 4.64. The molecule has 3 N–H and O–H groups in total. The maximum Gasteiger partial charge on any atom is 0.272 e. The number of benzene rings is 4. The molecule has 0 saturated heterocycles. The van der Waals surface area contributed by atoms with E-state index in [4.69, 9.17) is 9.47 Å². The minimum Gasteiger partial charge on any atom is -0.493 e. The van der Waals surface area contributed by atoms with Crippen molar-refractivity contribution in [3.8, 4) is 11.5 Å². The largest absolute Gasteiger partial charge is 0.493 e. The zero-order valence-electron chi connectivity index (χ0n) is 23.5. The zero-order valence-corrected chi connectivity index (χ0v) is 24.3. The van der Waals surface area contributed by atoms with E-state index in [0.29, 0.717) is 28.3 Å². The Morgan fingerprint density at radius 3 is 2.10 bits per heavy atom. The average Bonchev–Trinajstić information content (AvgIpc) is 3.01. The second kappa shape index (κ2) is 14.6. The van der Waals surface area contributed by atoms with Gasteiger partial charge in [0.1, 0.15) is 5.70 Å². The van der Waals surface area contributed by atoms with Crippen molar-refractivity contribution in [3.05, 3.63) is 119 Å². The van der Waals surface area contributed by atoms with Crippen molar-refractivity contribution in [1.29, 1.82) is 0 Å². The summed E-state index contributed by atoms with van der Waals surface area (Å²) >= 11 is 1.38. The number of para-hydroxylation sites is 1. The highest BCUT2D eigenvalue weighted by Crippen LogP contribution is 2.32. The van der Waals surface area contributed by atoms with E-state index in [2.05, 4.69) is 16.0 Å². The van der Waals surface area contributed by atoms with Crippen molar-refractivity contribution in [3.63, 3.8) is 0 Å². The van der Waals surface area contributed by atoms with Crippen LogP contribution >= 0.6 is 11.8 Å². The number of amides is 3. The Morgan fingerprint density at radius 1 is 0.762 bits per heavy atom. The molecule has 0 heterocycles. The average molecular weight is 582 g/mol. The summed E-state index contributed by atoms with van der Waals surface area (Å²) < 4.78 is 10.9. The summed E-state index contributed by atoms with van der Waals surface area (Å²) in [6, 6.07) is 28.6. The Morgan fingerprint density at radius 2 is 1.43 bits per heavy atom. The molecule has 214 valence electrons. The van der Waals surface area contributed by atoms with Crippen molar-refractivity contribution >= 4 is 46.9 Å². The van der Waals surface area contributed by atoms with Crippen molar-refractivity contribution in [2.75, 3.05) is 30.6 Å². The predicted octanol–water partition coefficient (Wildman–Crippen LogP) is 6.15. The lowest BCUT2D eigenvalue weighted by Crippen LogP contribution is -2.30. The van der Waals surface area contributed by atoms with Gasteiger partial charge in [0.15, 0.2) is 11.5 Å². The maximum atomic E-state index is 13.4. The van der Waals surface area contributed by atoms with Crippen LogP contribution in [0.4, 0.5) is 11.4 Å². The first-order valence-corrected chi connectivity index (χ1v) is 14.0. The number of thioether (sulfide) groups is 1. The monoisotopic (exact) mass is 581 g/mol. The first-order valence-electron chi connectivity index (χ1n) is 13.1. The third kappa shape index (κ3) is 8.25. The van der Waals surface area contributed by atoms with Crippen LogP contribution in [0.25, 0.3) is 6.08 Å². The highest BCUT2D eigenvalue weighted by molar-refractivity contribution is 8.00. The molecule has 0 spiro atoms. The van der Waals surface area contributed by atoms with Crippen molar-refractivity contribution in [2.24, 2.45) is 0 Å². The van der Waals surface area contributed by atoms with E-state index >= 15 is 0 Å². The van der Waals surface area contributed by atoms with E-state index < -0.39 is 11.8 Å². The number of carbonyl (C=O) groups is 3. The summed E-state index contributed by atoms with van der Waals surface area (Å²) in [5.74, 6) is 0.0724. The Kier molecular flexibility index (Phi) is 10.4. The molecule has 0 radical (unpaired) electrons. The Balaban J connectivity index is 1.46. The van der Waals surface area contributed by atoms with E-state index in [1.54, 1.807) is 60.7 Å². The molecular formula is C33H31N3O5S. The number of carbonyl (C=O) groups excluding carboxylic acids is 3. The smallest absolute Gasteiger partial charge is 0.272 e. The van der Waals surface area contributed by atoms with Crippen LogP contribution in [0.2, 0.25) is 0 Å². The number of nitrogens with one attached hydrogen (secondary N) is 3. The molecule has 0 unspecified atom stereocenters. The lowest BCUT2D eigenvalue weighted by atomic mass is 10.1. The summed E-state index contributed by atoms with van der Waals surface area (Å²) in [4.78, 5) is 39.6. The van der Waals surface area contributed by atoms with Crippen molar-refractivity contribution in [1.82, 2.24) is 5.32 Å². The van der Waals surface area contributed by atoms with Crippen LogP contribution in [0, 0.1) is 6.92 Å². The zero-order chi connectivity index (χ0) is 29.9. The molecule has 42 heavy (non-hydrogen) atoms. The SMILES string of the molecule is COc1cccc(/C=C(\NC(=O)c2ccccc2)C(=O)Nc2ccc(SCC(=O)Nc3ccc(C)cc3)cc2)c1OC. The molecule has 4 aromatic carbocycles. The van der Waals surface area contributed by atoms with Gasteiger partial charge in [0.05, 0.1) is 20.0 Å². The number of ether oxygens (including phenoxy) is 2. The Bertz CT molecular complexity index is 1570. The molecule has 4 rings (SSSR count). The van der Waals surface area contributed by atoms with Gasteiger partial charge in [-0.05, 0) is 67.6 Å². The third-order valence-corrected chi connectivity index (χ3v) is 7.09. The van der Waals surface area contributed by atoms with Gasteiger partial charge in [-0.3, -0.25) is 14.4 Å². The number of methoxy groups -OCH3 is 2. The molecule has 0 atom stereocenters. The highest BCUT2D eigenvalue weighted by atomic mass is 32.2. The second-order valence-corrected chi connectivity index (χ2v) is 10.2. The van der Waals surface area contributed by atoms with Gasteiger partial charge < -0.3 is 25.4 Å². The normalized spacial score (nSPS) is 10.9. The van der Waals surface area contributed by atoms with Crippen LogP contribution in [-0.2, 0) is 9.59 Å². The molecule has 0 bridgehead atoms. The lowest BCUT2D eigenvalue weighted by molar-refractivity contribution is -0.114. The van der Waals surface area contributed by atoms with Crippen LogP contribution < -0.4 is 25.4 Å². The maximum absolute atomic E-state index is 13.4. The van der Waals surface area contributed by atoms with E-state index in [9.17, 15) is 14.4 Å². The van der Waals surface area contributed by atoms with Crippen LogP contribution in [0.5, 0.6) is 11.5 Å². The Hall–Kier alpha value is -5.02. The van der Waals surface area contributed by atoms with Gasteiger partial charge in [-0.1, -0.05) is 48.0 Å². The van der Waals surface area contributed by atoms with Gasteiger partial charge in [-0.15, -0.1) is 11.8 Å². The molecule has 0 fully saturated rings. The van der Waals surface area contributed by atoms with Crippen LogP contribution in [0.3, 0.4) is 0 Å². The highest BCUT2D eigenvalue weighted by Gasteiger charge is 2.17. The van der Waals surface area contributed by atoms with Gasteiger partial charge in [-0.25, -0.2) is 0 Å². The molecule has 9 heteroatoms. The minimum atomic E-state index is -0.526. The van der Waals surface area contributed by atoms with E-state index in [0.717, 1.165) is 16.1 Å².